The molecule has 1 unspecified atom stereocenters. The maximum atomic E-state index is 12.1. The summed E-state index contributed by atoms with van der Waals surface area (Å²) in [5.74, 6) is 0. The van der Waals surface area contributed by atoms with Crippen molar-refractivity contribution in [2.75, 3.05) is 13.2 Å². The largest absolute Gasteiger partial charge is 0.411 e. The summed E-state index contributed by atoms with van der Waals surface area (Å²) in [6.07, 6.45) is -4.21. The van der Waals surface area contributed by atoms with E-state index in [9.17, 15) is 18.4 Å². The summed E-state index contributed by atoms with van der Waals surface area (Å²) in [7, 11) is 0. The van der Waals surface area contributed by atoms with Crippen molar-refractivity contribution in [2.24, 2.45) is 0 Å². The number of hydrogen-bond acceptors (Lipinski definition) is 3. The standard InChI is InChI=1S/C15H19F3N2O/c1-12(2)20-14(10-19,13-6-4-3-5-7-13)8-9-21-11-15(16,17)18/h3-7,12,20H,8-9,11H2,1-2H3. The molecule has 116 valence electrons. The summed E-state index contributed by atoms with van der Waals surface area (Å²) in [5.41, 5.74) is -0.335. The van der Waals surface area contributed by atoms with Crippen LogP contribution in [0, 0.1) is 11.3 Å². The van der Waals surface area contributed by atoms with Gasteiger partial charge in [0, 0.05) is 12.5 Å². The number of ether oxygens (including phenoxy) is 1. The van der Waals surface area contributed by atoms with E-state index < -0.39 is 18.3 Å². The van der Waals surface area contributed by atoms with Crippen LogP contribution in [-0.2, 0) is 10.3 Å². The zero-order valence-electron chi connectivity index (χ0n) is 12.1. The number of halogens is 3. The lowest BCUT2D eigenvalue weighted by Gasteiger charge is -2.30. The minimum absolute atomic E-state index is 0.00692. The van der Waals surface area contributed by atoms with Gasteiger partial charge < -0.3 is 4.74 Å². The predicted octanol–water partition coefficient (Wildman–Crippen LogP) is 3.37. The Morgan fingerprint density at radius 3 is 2.33 bits per heavy atom. The summed E-state index contributed by atoms with van der Waals surface area (Å²) >= 11 is 0. The first-order valence-electron chi connectivity index (χ1n) is 6.68. The van der Waals surface area contributed by atoms with E-state index in [1.165, 1.54) is 0 Å². The van der Waals surface area contributed by atoms with Crippen LogP contribution in [0.3, 0.4) is 0 Å². The fourth-order valence-electron chi connectivity index (χ4n) is 2.08. The first kappa shape index (κ1) is 17.5. The molecule has 0 aliphatic heterocycles. The molecule has 21 heavy (non-hydrogen) atoms. The Labute approximate surface area is 122 Å². The Balaban J connectivity index is 2.81. The highest BCUT2D eigenvalue weighted by Crippen LogP contribution is 2.26. The zero-order valence-corrected chi connectivity index (χ0v) is 12.1. The highest BCUT2D eigenvalue weighted by Gasteiger charge is 2.33. The molecule has 0 radical (unpaired) electrons. The number of nitrogens with zero attached hydrogens (tertiary/aromatic N) is 1. The fourth-order valence-corrected chi connectivity index (χ4v) is 2.08. The minimum atomic E-state index is -4.35. The summed E-state index contributed by atoms with van der Waals surface area (Å²) < 4.78 is 40.9. The van der Waals surface area contributed by atoms with Crippen LogP contribution in [0.2, 0.25) is 0 Å². The van der Waals surface area contributed by atoms with Gasteiger partial charge in [0.25, 0.3) is 0 Å². The molecule has 1 aromatic carbocycles. The van der Waals surface area contributed by atoms with Crippen molar-refractivity contribution in [2.45, 2.75) is 38.0 Å². The van der Waals surface area contributed by atoms with Crippen LogP contribution in [0.5, 0.6) is 0 Å². The molecule has 6 heteroatoms. The number of nitrogens with one attached hydrogen (secondary N) is 1. The van der Waals surface area contributed by atoms with Gasteiger partial charge in [-0.2, -0.15) is 18.4 Å². The number of rotatable bonds is 7. The molecule has 1 rings (SSSR count). The van der Waals surface area contributed by atoms with Crippen molar-refractivity contribution in [1.29, 1.82) is 5.26 Å². The van der Waals surface area contributed by atoms with E-state index in [0.29, 0.717) is 0 Å². The van der Waals surface area contributed by atoms with E-state index >= 15 is 0 Å². The van der Waals surface area contributed by atoms with Crippen molar-refractivity contribution < 1.29 is 17.9 Å². The molecular weight excluding hydrogens is 281 g/mol. The summed E-state index contributed by atoms with van der Waals surface area (Å²) in [4.78, 5) is 0. The Hall–Kier alpha value is -1.58. The van der Waals surface area contributed by atoms with Gasteiger partial charge in [-0.05, 0) is 19.4 Å². The fraction of sp³-hybridized carbons (Fsp3) is 0.533. The number of nitriles is 1. The Morgan fingerprint density at radius 1 is 1.24 bits per heavy atom. The maximum absolute atomic E-state index is 12.1. The third kappa shape index (κ3) is 5.74. The Bertz CT molecular complexity index is 468. The van der Waals surface area contributed by atoms with Crippen LogP contribution >= 0.6 is 0 Å². The topological polar surface area (TPSA) is 45.0 Å². The normalized spacial score (nSPS) is 14.7. The van der Waals surface area contributed by atoms with Gasteiger partial charge in [0.1, 0.15) is 12.1 Å². The van der Waals surface area contributed by atoms with Gasteiger partial charge in [-0.3, -0.25) is 5.32 Å². The van der Waals surface area contributed by atoms with Crippen LogP contribution in [-0.4, -0.2) is 25.4 Å². The van der Waals surface area contributed by atoms with Gasteiger partial charge in [-0.1, -0.05) is 30.3 Å². The van der Waals surface area contributed by atoms with Crippen molar-refractivity contribution in [3.8, 4) is 6.07 Å². The molecule has 0 amide bonds. The van der Waals surface area contributed by atoms with E-state index in [1.807, 2.05) is 19.9 Å². The lowest BCUT2D eigenvalue weighted by molar-refractivity contribution is -0.174. The average Bonchev–Trinajstić information content (AvgIpc) is 2.42. The maximum Gasteiger partial charge on any atom is 0.411 e. The molecule has 0 aromatic heterocycles. The Morgan fingerprint density at radius 2 is 1.86 bits per heavy atom. The highest BCUT2D eigenvalue weighted by molar-refractivity contribution is 5.31. The lowest BCUT2D eigenvalue weighted by atomic mass is 9.87. The van der Waals surface area contributed by atoms with Crippen LogP contribution < -0.4 is 5.32 Å². The molecule has 0 saturated carbocycles. The highest BCUT2D eigenvalue weighted by atomic mass is 19.4. The summed E-state index contributed by atoms with van der Waals surface area (Å²) in [5, 5.41) is 12.7. The number of hydrogen-bond donors (Lipinski definition) is 1. The van der Waals surface area contributed by atoms with Crippen molar-refractivity contribution in [3.05, 3.63) is 35.9 Å². The van der Waals surface area contributed by atoms with Crippen LogP contribution in [0.15, 0.2) is 30.3 Å². The Kier molecular flexibility index (Phi) is 6.19. The van der Waals surface area contributed by atoms with Gasteiger partial charge in [-0.15, -0.1) is 0 Å². The third-order valence-corrected chi connectivity index (χ3v) is 2.88. The lowest BCUT2D eigenvalue weighted by Crippen LogP contribution is -2.46. The molecule has 0 spiro atoms. The predicted molar refractivity (Wildman–Crippen MR) is 73.5 cm³/mol. The van der Waals surface area contributed by atoms with Gasteiger partial charge >= 0.3 is 6.18 Å². The molecule has 0 fully saturated rings. The smallest absolute Gasteiger partial charge is 0.372 e. The second kappa shape index (κ2) is 7.43. The van der Waals surface area contributed by atoms with Crippen molar-refractivity contribution >= 4 is 0 Å². The SMILES string of the molecule is CC(C)NC(C#N)(CCOCC(F)(F)F)c1ccccc1. The number of alkyl halides is 3. The van der Waals surface area contributed by atoms with E-state index in [0.717, 1.165) is 5.56 Å². The number of benzene rings is 1. The molecule has 0 bridgehead atoms. The minimum Gasteiger partial charge on any atom is -0.372 e. The van der Waals surface area contributed by atoms with E-state index in [1.54, 1.807) is 24.3 Å². The van der Waals surface area contributed by atoms with Gasteiger partial charge in [0.05, 0.1) is 12.7 Å². The van der Waals surface area contributed by atoms with E-state index in [4.69, 9.17) is 0 Å². The van der Waals surface area contributed by atoms with Crippen LogP contribution in [0.1, 0.15) is 25.8 Å². The van der Waals surface area contributed by atoms with Crippen molar-refractivity contribution in [3.63, 3.8) is 0 Å². The van der Waals surface area contributed by atoms with Gasteiger partial charge in [-0.25, -0.2) is 0 Å². The molecule has 0 saturated heterocycles. The average molecular weight is 300 g/mol. The molecule has 0 heterocycles. The molecule has 1 atom stereocenters. The van der Waals surface area contributed by atoms with Crippen LogP contribution in [0.4, 0.5) is 13.2 Å². The summed E-state index contributed by atoms with van der Waals surface area (Å²) in [6.45, 7) is 2.31. The molecule has 3 nitrogen and oxygen atoms in total. The van der Waals surface area contributed by atoms with Gasteiger partial charge in [0.15, 0.2) is 0 Å². The second-order valence-corrected chi connectivity index (χ2v) is 5.10. The zero-order chi connectivity index (χ0) is 15.9. The first-order valence-corrected chi connectivity index (χ1v) is 6.68. The van der Waals surface area contributed by atoms with Crippen LogP contribution in [0.25, 0.3) is 0 Å². The first-order chi connectivity index (χ1) is 9.79. The second-order valence-electron chi connectivity index (χ2n) is 5.10. The molecule has 1 N–H and O–H groups in total. The summed E-state index contributed by atoms with van der Waals surface area (Å²) in [6, 6.07) is 11.2. The van der Waals surface area contributed by atoms with E-state index in [-0.39, 0.29) is 19.1 Å². The quantitative estimate of drug-likeness (QED) is 0.785. The molecular formula is C15H19F3N2O. The van der Waals surface area contributed by atoms with Crippen molar-refractivity contribution in [1.82, 2.24) is 5.32 Å². The van der Waals surface area contributed by atoms with Gasteiger partial charge in [0.2, 0.25) is 0 Å². The molecule has 0 aliphatic carbocycles. The molecule has 0 aliphatic rings. The monoisotopic (exact) mass is 300 g/mol. The molecule has 1 aromatic rings. The van der Waals surface area contributed by atoms with E-state index in [2.05, 4.69) is 16.1 Å². The third-order valence-electron chi connectivity index (χ3n) is 2.88.